The second kappa shape index (κ2) is 5.52. The zero-order valence-electron chi connectivity index (χ0n) is 10.9. The van der Waals surface area contributed by atoms with Gasteiger partial charge < -0.3 is 24.8 Å². The van der Waals surface area contributed by atoms with Crippen LogP contribution in [0.2, 0.25) is 0 Å². The van der Waals surface area contributed by atoms with E-state index in [4.69, 9.17) is 4.42 Å². The summed E-state index contributed by atoms with van der Waals surface area (Å²) in [6, 6.07) is 3.86. The van der Waals surface area contributed by atoms with E-state index in [0.717, 1.165) is 6.07 Å². The van der Waals surface area contributed by atoms with Crippen molar-refractivity contribution < 1.29 is 24.8 Å². The first-order valence-electron chi connectivity index (χ1n) is 6.21. The fourth-order valence-corrected chi connectivity index (χ4v) is 2.15. The van der Waals surface area contributed by atoms with E-state index in [1.54, 1.807) is 6.92 Å². The first kappa shape index (κ1) is 14.4. The summed E-state index contributed by atoms with van der Waals surface area (Å²) in [5.41, 5.74) is -0.737. The molecule has 0 saturated carbocycles. The van der Waals surface area contributed by atoms with E-state index in [0.29, 0.717) is 5.39 Å². The van der Waals surface area contributed by atoms with Gasteiger partial charge >= 0.3 is 5.63 Å². The number of fused-ring (bicyclic) bond motifs is 1. The maximum atomic E-state index is 11.8. The Labute approximate surface area is 114 Å². The minimum Gasteiger partial charge on any atom is -0.508 e. The minimum atomic E-state index is -0.846. The molecule has 0 aliphatic carbocycles. The molecular formula is C14H16O6. The van der Waals surface area contributed by atoms with Crippen LogP contribution in [0.15, 0.2) is 27.4 Å². The van der Waals surface area contributed by atoms with Gasteiger partial charge in [0.05, 0.1) is 12.2 Å². The van der Waals surface area contributed by atoms with Crippen LogP contribution in [0.25, 0.3) is 10.8 Å². The SMILES string of the molecule is C[C@@H](O)C[C@@H](O)Cc1cc2cc(O)cc(O)c2c(=O)o1. The number of benzene rings is 1. The molecule has 108 valence electrons. The van der Waals surface area contributed by atoms with Gasteiger partial charge in [0.15, 0.2) is 0 Å². The number of aliphatic hydroxyl groups excluding tert-OH is 2. The molecule has 1 aromatic carbocycles. The van der Waals surface area contributed by atoms with Crippen molar-refractivity contribution >= 4 is 10.8 Å². The summed E-state index contributed by atoms with van der Waals surface area (Å²) in [6.07, 6.45) is -1.29. The summed E-state index contributed by atoms with van der Waals surface area (Å²) in [5, 5.41) is 38.3. The second-order valence-electron chi connectivity index (χ2n) is 4.87. The summed E-state index contributed by atoms with van der Waals surface area (Å²) in [5.74, 6) is -0.304. The van der Waals surface area contributed by atoms with Crippen molar-refractivity contribution in [2.24, 2.45) is 0 Å². The Hall–Kier alpha value is -2.05. The molecule has 0 radical (unpaired) electrons. The Morgan fingerprint density at radius 1 is 1.20 bits per heavy atom. The van der Waals surface area contributed by atoms with Crippen LogP contribution >= 0.6 is 0 Å². The summed E-state index contributed by atoms with van der Waals surface area (Å²) >= 11 is 0. The molecule has 1 aromatic heterocycles. The third kappa shape index (κ3) is 3.09. The minimum absolute atomic E-state index is 0.0171. The van der Waals surface area contributed by atoms with Gasteiger partial charge in [0.2, 0.25) is 0 Å². The van der Waals surface area contributed by atoms with E-state index in [2.05, 4.69) is 0 Å². The molecular weight excluding hydrogens is 264 g/mol. The normalized spacial score (nSPS) is 14.3. The molecule has 2 aromatic rings. The summed E-state index contributed by atoms with van der Waals surface area (Å²) < 4.78 is 5.02. The molecule has 0 amide bonds. The number of hydrogen-bond donors (Lipinski definition) is 4. The van der Waals surface area contributed by atoms with E-state index in [-0.39, 0.29) is 35.5 Å². The topological polar surface area (TPSA) is 111 Å². The second-order valence-corrected chi connectivity index (χ2v) is 4.87. The van der Waals surface area contributed by atoms with Gasteiger partial charge in [0.25, 0.3) is 0 Å². The lowest BCUT2D eigenvalue weighted by Gasteiger charge is -2.12. The predicted molar refractivity (Wildman–Crippen MR) is 71.8 cm³/mol. The molecule has 0 saturated heterocycles. The highest BCUT2D eigenvalue weighted by molar-refractivity contribution is 5.88. The van der Waals surface area contributed by atoms with E-state index < -0.39 is 17.8 Å². The maximum Gasteiger partial charge on any atom is 0.347 e. The van der Waals surface area contributed by atoms with Crippen LogP contribution in [-0.4, -0.2) is 32.6 Å². The van der Waals surface area contributed by atoms with Gasteiger partial charge in [-0.2, -0.15) is 0 Å². The summed E-state index contributed by atoms with van der Waals surface area (Å²) in [6.45, 7) is 1.55. The van der Waals surface area contributed by atoms with Gasteiger partial charge in [-0.05, 0) is 30.9 Å². The van der Waals surface area contributed by atoms with Crippen LogP contribution in [0.3, 0.4) is 0 Å². The quantitative estimate of drug-likeness (QED) is 0.661. The molecule has 0 spiro atoms. The van der Waals surface area contributed by atoms with Crippen molar-refractivity contribution in [1.29, 1.82) is 0 Å². The summed E-state index contributed by atoms with van der Waals surface area (Å²) in [7, 11) is 0. The molecule has 6 heteroatoms. The van der Waals surface area contributed by atoms with Crippen molar-refractivity contribution in [3.8, 4) is 11.5 Å². The van der Waals surface area contributed by atoms with Gasteiger partial charge in [0.1, 0.15) is 22.6 Å². The fourth-order valence-electron chi connectivity index (χ4n) is 2.15. The number of aliphatic hydroxyl groups is 2. The monoisotopic (exact) mass is 280 g/mol. The third-order valence-corrected chi connectivity index (χ3v) is 2.93. The Morgan fingerprint density at radius 3 is 2.55 bits per heavy atom. The van der Waals surface area contributed by atoms with Crippen molar-refractivity contribution in [3.05, 3.63) is 34.4 Å². The van der Waals surface area contributed by atoms with Crippen LogP contribution in [-0.2, 0) is 6.42 Å². The number of phenols is 2. The summed E-state index contributed by atoms with van der Waals surface area (Å²) in [4.78, 5) is 11.8. The van der Waals surface area contributed by atoms with Crippen LogP contribution in [0.1, 0.15) is 19.1 Å². The molecule has 20 heavy (non-hydrogen) atoms. The number of phenolic OH excluding ortho intramolecular Hbond substituents is 2. The van der Waals surface area contributed by atoms with Crippen molar-refractivity contribution in [1.82, 2.24) is 0 Å². The standard InChI is InChI=1S/C14H16O6/c1-7(15)2-9(16)5-11-4-8-3-10(17)6-12(18)13(8)14(19)20-11/h3-4,6-7,9,15-18H,2,5H2,1H3/t7-,9-/m1/s1. The number of aromatic hydroxyl groups is 2. The zero-order valence-corrected chi connectivity index (χ0v) is 10.9. The van der Waals surface area contributed by atoms with Crippen molar-refractivity contribution in [3.63, 3.8) is 0 Å². The first-order valence-corrected chi connectivity index (χ1v) is 6.21. The molecule has 2 rings (SSSR count). The molecule has 0 fully saturated rings. The zero-order chi connectivity index (χ0) is 14.9. The highest BCUT2D eigenvalue weighted by atomic mass is 16.4. The fraction of sp³-hybridized carbons (Fsp3) is 0.357. The largest absolute Gasteiger partial charge is 0.508 e. The first-order chi connectivity index (χ1) is 9.36. The van der Waals surface area contributed by atoms with E-state index in [1.807, 2.05) is 0 Å². The highest BCUT2D eigenvalue weighted by Crippen LogP contribution is 2.28. The van der Waals surface area contributed by atoms with E-state index in [9.17, 15) is 25.2 Å². The van der Waals surface area contributed by atoms with Crippen LogP contribution in [0, 0.1) is 0 Å². The molecule has 0 unspecified atom stereocenters. The van der Waals surface area contributed by atoms with Gasteiger partial charge in [-0.25, -0.2) is 4.79 Å². The Bertz CT molecular complexity index is 673. The highest BCUT2D eigenvalue weighted by Gasteiger charge is 2.14. The third-order valence-electron chi connectivity index (χ3n) is 2.93. The average Bonchev–Trinajstić information content (AvgIpc) is 2.25. The van der Waals surface area contributed by atoms with Gasteiger partial charge in [0, 0.05) is 12.5 Å². The maximum absolute atomic E-state index is 11.8. The molecule has 0 aliphatic heterocycles. The van der Waals surface area contributed by atoms with Gasteiger partial charge in [-0.15, -0.1) is 0 Å². The lowest BCUT2D eigenvalue weighted by molar-refractivity contribution is 0.0871. The molecule has 0 aliphatic rings. The van der Waals surface area contributed by atoms with Gasteiger partial charge in [-0.1, -0.05) is 0 Å². The molecule has 6 nitrogen and oxygen atoms in total. The Kier molecular flexibility index (Phi) is 3.96. The molecule has 2 atom stereocenters. The van der Waals surface area contributed by atoms with Crippen molar-refractivity contribution in [2.45, 2.75) is 32.0 Å². The lowest BCUT2D eigenvalue weighted by Crippen LogP contribution is -2.18. The Morgan fingerprint density at radius 2 is 1.90 bits per heavy atom. The Balaban J connectivity index is 2.40. The predicted octanol–water partition coefficient (Wildman–Crippen LogP) is 0.878. The number of hydrogen-bond acceptors (Lipinski definition) is 6. The van der Waals surface area contributed by atoms with Crippen LogP contribution < -0.4 is 5.63 Å². The van der Waals surface area contributed by atoms with E-state index >= 15 is 0 Å². The van der Waals surface area contributed by atoms with Crippen molar-refractivity contribution in [2.75, 3.05) is 0 Å². The number of rotatable bonds is 4. The lowest BCUT2D eigenvalue weighted by atomic mass is 10.1. The van der Waals surface area contributed by atoms with E-state index in [1.165, 1.54) is 12.1 Å². The average molecular weight is 280 g/mol. The molecule has 0 bridgehead atoms. The van der Waals surface area contributed by atoms with Crippen LogP contribution in [0.5, 0.6) is 11.5 Å². The smallest absolute Gasteiger partial charge is 0.347 e. The van der Waals surface area contributed by atoms with Crippen LogP contribution in [0.4, 0.5) is 0 Å². The van der Waals surface area contributed by atoms with Gasteiger partial charge in [-0.3, -0.25) is 0 Å². The molecule has 1 heterocycles. The molecule has 4 N–H and O–H groups in total.